The van der Waals surface area contributed by atoms with Crippen molar-refractivity contribution in [2.45, 2.75) is 13.0 Å². The van der Waals surface area contributed by atoms with Gasteiger partial charge in [-0.3, -0.25) is 19.0 Å². The van der Waals surface area contributed by atoms with Gasteiger partial charge in [-0.1, -0.05) is 11.6 Å². The highest BCUT2D eigenvalue weighted by Crippen LogP contribution is 2.26. The molecule has 0 aliphatic carbocycles. The first-order chi connectivity index (χ1) is 15.3. The molecule has 0 bridgehead atoms. The minimum Gasteiger partial charge on any atom is -0.379 e. The van der Waals surface area contributed by atoms with Crippen LogP contribution in [0, 0.1) is 5.82 Å². The second-order valence-electron chi connectivity index (χ2n) is 7.39. The molecule has 1 aromatic carbocycles. The topological polar surface area (TPSA) is 106 Å². The molecule has 2 heterocycles. The quantitative estimate of drug-likeness (QED) is 0.514. The van der Waals surface area contributed by atoms with Crippen LogP contribution in [0.15, 0.2) is 36.5 Å². The number of morpholine rings is 1. The fourth-order valence-corrected chi connectivity index (χ4v) is 5.00. The molecule has 2 aromatic rings. The van der Waals surface area contributed by atoms with Crippen LogP contribution >= 0.6 is 11.6 Å². The number of carbonyl (C=O) groups excluding carboxylic acids is 1. The minimum absolute atomic E-state index is 0.0844. The number of rotatable bonds is 10. The Balaban J connectivity index is 1.79. The lowest BCUT2D eigenvalue weighted by Crippen LogP contribution is -2.38. The smallest absolute Gasteiger partial charge is 0.235 e. The van der Waals surface area contributed by atoms with Crippen LogP contribution in [-0.2, 0) is 21.3 Å². The van der Waals surface area contributed by atoms with Crippen LogP contribution in [0.5, 0.6) is 0 Å². The van der Waals surface area contributed by atoms with E-state index in [-0.39, 0.29) is 35.3 Å². The number of nitrogens with two attached hydrogens (primary N) is 1. The number of hydrogen-bond donors (Lipinski definition) is 1. The number of ether oxygens (including phenoxy) is 1. The summed E-state index contributed by atoms with van der Waals surface area (Å²) < 4.78 is 46.6. The molecule has 0 spiro atoms. The van der Waals surface area contributed by atoms with E-state index in [0.717, 1.165) is 19.2 Å². The summed E-state index contributed by atoms with van der Waals surface area (Å²) in [5.74, 6) is -0.992. The average molecular weight is 485 g/mol. The van der Waals surface area contributed by atoms with Gasteiger partial charge in [0.15, 0.2) is 5.78 Å². The fraction of sp³-hybridized carbons (Fsp3) is 0.429. The van der Waals surface area contributed by atoms with Gasteiger partial charge >= 0.3 is 0 Å². The molecule has 3 rings (SSSR count). The highest BCUT2D eigenvalue weighted by Gasteiger charge is 2.25. The number of nitrogens with zero attached hydrogens (tertiary/aromatic N) is 3. The Morgan fingerprint density at radius 1 is 1.25 bits per heavy atom. The monoisotopic (exact) mass is 484 g/mol. The maximum atomic E-state index is 13.7. The largest absolute Gasteiger partial charge is 0.379 e. The van der Waals surface area contributed by atoms with E-state index in [1.807, 2.05) is 0 Å². The summed E-state index contributed by atoms with van der Waals surface area (Å²) in [4.78, 5) is 18.1. The Morgan fingerprint density at radius 3 is 2.62 bits per heavy atom. The number of carbonyl (C=O) groups is 1. The normalized spacial score (nSPS) is 15.0. The molecule has 0 unspecified atom stereocenters. The number of ketones is 1. The third-order valence-electron chi connectivity index (χ3n) is 5.14. The molecule has 1 aromatic heterocycles. The molecule has 0 saturated carbocycles. The summed E-state index contributed by atoms with van der Waals surface area (Å²) >= 11 is 5.91. The first-order valence-corrected chi connectivity index (χ1v) is 12.2. The van der Waals surface area contributed by atoms with E-state index < -0.39 is 15.8 Å². The number of benzene rings is 1. The van der Waals surface area contributed by atoms with Crippen molar-refractivity contribution >= 4 is 33.1 Å². The molecule has 0 atom stereocenters. The predicted octanol–water partition coefficient (Wildman–Crippen LogP) is 2.07. The number of Topliss-reactive ketones (excluding diaryl/α,β-unsaturated/α-hetero) is 1. The molecule has 174 valence electrons. The van der Waals surface area contributed by atoms with Crippen LogP contribution in [0.2, 0.25) is 5.02 Å². The molecule has 0 amide bonds. The van der Waals surface area contributed by atoms with Crippen LogP contribution in [0.25, 0.3) is 0 Å². The first-order valence-electron chi connectivity index (χ1n) is 10.2. The lowest BCUT2D eigenvalue weighted by atomic mass is 10.2. The molecule has 32 heavy (non-hydrogen) atoms. The molecule has 1 aliphatic heterocycles. The van der Waals surface area contributed by atoms with E-state index in [2.05, 4.69) is 9.88 Å². The van der Waals surface area contributed by atoms with Gasteiger partial charge in [-0.05, 0) is 43.3 Å². The standard InChI is InChI=1S/C21H26ClFN4O4S/c22-19-12-18(4-5-20(19)23)27(15-17-3-2-16(14-25-17)21(28)13-24)32(29,30)11-1-6-26-7-9-31-10-8-26/h2-5,12,14H,1,6-11,13,15,24H2. The first kappa shape index (κ1) is 24.5. The van der Waals surface area contributed by atoms with Gasteiger partial charge in [0, 0.05) is 24.8 Å². The Kier molecular flexibility index (Phi) is 8.55. The van der Waals surface area contributed by atoms with Crippen molar-refractivity contribution in [3.8, 4) is 0 Å². The molecule has 1 saturated heterocycles. The van der Waals surface area contributed by atoms with Gasteiger partial charge in [0.25, 0.3) is 0 Å². The summed E-state index contributed by atoms with van der Waals surface area (Å²) in [6, 6.07) is 6.91. The second kappa shape index (κ2) is 11.2. The van der Waals surface area contributed by atoms with E-state index in [9.17, 15) is 17.6 Å². The Labute approximate surface area is 192 Å². The van der Waals surface area contributed by atoms with Crippen LogP contribution in [0.1, 0.15) is 22.5 Å². The molecule has 2 N–H and O–H groups in total. The lowest BCUT2D eigenvalue weighted by molar-refractivity contribution is 0.0381. The van der Waals surface area contributed by atoms with Crippen molar-refractivity contribution in [2.75, 3.05) is 49.5 Å². The highest BCUT2D eigenvalue weighted by molar-refractivity contribution is 7.92. The van der Waals surface area contributed by atoms with Crippen molar-refractivity contribution in [3.63, 3.8) is 0 Å². The second-order valence-corrected chi connectivity index (χ2v) is 9.81. The van der Waals surface area contributed by atoms with Crippen molar-refractivity contribution in [1.82, 2.24) is 9.88 Å². The number of anilines is 1. The van der Waals surface area contributed by atoms with Crippen LogP contribution in [0.3, 0.4) is 0 Å². The third-order valence-corrected chi connectivity index (χ3v) is 7.25. The Bertz CT molecular complexity index is 1030. The summed E-state index contributed by atoms with van der Waals surface area (Å²) in [7, 11) is -3.77. The van der Waals surface area contributed by atoms with Gasteiger partial charge in [-0.25, -0.2) is 12.8 Å². The van der Waals surface area contributed by atoms with Gasteiger partial charge in [0.1, 0.15) is 5.82 Å². The van der Waals surface area contributed by atoms with Gasteiger partial charge in [0.2, 0.25) is 10.0 Å². The van der Waals surface area contributed by atoms with Gasteiger partial charge in [-0.15, -0.1) is 0 Å². The number of pyridine rings is 1. The number of sulfonamides is 1. The van der Waals surface area contributed by atoms with Crippen molar-refractivity contribution < 1.29 is 22.3 Å². The van der Waals surface area contributed by atoms with Crippen molar-refractivity contribution in [2.24, 2.45) is 5.73 Å². The third kappa shape index (κ3) is 6.46. The van der Waals surface area contributed by atoms with Crippen LogP contribution < -0.4 is 10.0 Å². The zero-order chi connectivity index (χ0) is 23.1. The molecule has 8 nitrogen and oxygen atoms in total. The summed E-state index contributed by atoms with van der Waals surface area (Å²) in [6.45, 7) is 3.24. The molecular weight excluding hydrogens is 459 g/mol. The van der Waals surface area contributed by atoms with E-state index in [1.165, 1.54) is 22.6 Å². The summed E-state index contributed by atoms with van der Waals surface area (Å²) in [6.07, 6.45) is 1.80. The van der Waals surface area contributed by atoms with Gasteiger partial charge in [-0.2, -0.15) is 0 Å². The minimum atomic E-state index is -3.77. The van der Waals surface area contributed by atoms with E-state index in [0.29, 0.717) is 37.4 Å². The Hall–Kier alpha value is -2.11. The van der Waals surface area contributed by atoms with E-state index in [1.54, 1.807) is 12.1 Å². The predicted molar refractivity (Wildman–Crippen MR) is 121 cm³/mol. The van der Waals surface area contributed by atoms with Crippen LogP contribution in [-0.4, -0.2) is 69.2 Å². The molecule has 11 heteroatoms. The summed E-state index contributed by atoms with van der Waals surface area (Å²) in [5.41, 5.74) is 6.38. The SMILES string of the molecule is NCC(=O)c1ccc(CN(c2ccc(F)c(Cl)c2)S(=O)(=O)CCCN2CCOCC2)nc1. The van der Waals surface area contributed by atoms with E-state index >= 15 is 0 Å². The Morgan fingerprint density at radius 2 is 2.00 bits per heavy atom. The van der Waals surface area contributed by atoms with Gasteiger partial charge < -0.3 is 10.5 Å². The van der Waals surface area contributed by atoms with Gasteiger partial charge in [0.05, 0.1) is 48.5 Å². The summed E-state index contributed by atoms with van der Waals surface area (Å²) in [5, 5.41) is -0.173. The van der Waals surface area contributed by atoms with Crippen molar-refractivity contribution in [3.05, 3.63) is 58.6 Å². The molecule has 1 fully saturated rings. The lowest BCUT2D eigenvalue weighted by Gasteiger charge is -2.28. The zero-order valence-corrected chi connectivity index (χ0v) is 19.1. The number of aromatic nitrogens is 1. The number of halogens is 2. The zero-order valence-electron chi connectivity index (χ0n) is 17.5. The maximum Gasteiger partial charge on any atom is 0.235 e. The molecular formula is C21H26ClFN4O4S. The number of hydrogen-bond acceptors (Lipinski definition) is 7. The van der Waals surface area contributed by atoms with Crippen LogP contribution in [0.4, 0.5) is 10.1 Å². The maximum absolute atomic E-state index is 13.7. The highest BCUT2D eigenvalue weighted by atomic mass is 35.5. The average Bonchev–Trinajstić information content (AvgIpc) is 2.80. The molecule has 0 radical (unpaired) electrons. The van der Waals surface area contributed by atoms with E-state index in [4.69, 9.17) is 22.1 Å². The molecule has 1 aliphatic rings. The van der Waals surface area contributed by atoms with Crippen molar-refractivity contribution in [1.29, 1.82) is 0 Å². The fourth-order valence-electron chi connectivity index (χ4n) is 3.34.